The van der Waals surface area contributed by atoms with E-state index in [-0.39, 0.29) is 5.41 Å². The van der Waals surface area contributed by atoms with Crippen molar-refractivity contribution in [3.63, 3.8) is 0 Å². The lowest BCUT2D eigenvalue weighted by molar-refractivity contribution is 0.121. The van der Waals surface area contributed by atoms with E-state index in [0.717, 1.165) is 24.8 Å². The Hall–Kier alpha value is -2.29. The van der Waals surface area contributed by atoms with E-state index in [2.05, 4.69) is 48.9 Å². The first kappa shape index (κ1) is 19.5. The van der Waals surface area contributed by atoms with Crippen LogP contribution in [-0.4, -0.2) is 13.3 Å². The van der Waals surface area contributed by atoms with E-state index in [1.165, 1.54) is 48.6 Å². The van der Waals surface area contributed by atoms with Gasteiger partial charge in [0, 0.05) is 5.41 Å². The van der Waals surface area contributed by atoms with Crippen molar-refractivity contribution in [2.45, 2.75) is 64.7 Å². The molecule has 0 saturated heterocycles. The van der Waals surface area contributed by atoms with Crippen LogP contribution in [0.5, 0.6) is 5.75 Å². The van der Waals surface area contributed by atoms with Crippen LogP contribution in [0.4, 0.5) is 4.79 Å². The van der Waals surface area contributed by atoms with E-state index in [1.807, 2.05) is 13.0 Å². The summed E-state index contributed by atoms with van der Waals surface area (Å²) in [6.07, 6.45) is 6.50. The van der Waals surface area contributed by atoms with Crippen LogP contribution >= 0.6 is 0 Å². The molecule has 0 unspecified atom stereocenters. The Kier molecular flexibility index (Phi) is 5.88. The third kappa shape index (κ3) is 3.87. The van der Waals surface area contributed by atoms with Gasteiger partial charge in [-0.3, -0.25) is 0 Å². The van der Waals surface area contributed by atoms with Crippen LogP contribution in [-0.2, 0) is 16.6 Å². The fraction of sp³-hybridized carbons (Fsp3) is 0.458. The lowest BCUT2D eigenvalue weighted by Crippen LogP contribution is -2.30. The summed E-state index contributed by atoms with van der Waals surface area (Å²) in [5, 5.41) is 0. The molecule has 0 radical (unpaired) electrons. The number of aryl methyl sites for hydroxylation is 3. The second kappa shape index (κ2) is 8.16. The first-order chi connectivity index (χ1) is 13.0. The summed E-state index contributed by atoms with van der Waals surface area (Å²) >= 11 is 0. The molecule has 1 fully saturated rings. The molecule has 144 valence electrons. The van der Waals surface area contributed by atoms with Crippen molar-refractivity contribution < 1.29 is 14.3 Å². The SMILES string of the molecule is CCc1cc(C2(c3ccc(OC(=O)OC)c(C)c3)CCCCC2)ccc1C. The number of hydrogen-bond acceptors (Lipinski definition) is 3. The summed E-state index contributed by atoms with van der Waals surface area (Å²) < 4.78 is 9.89. The topological polar surface area (TPSA) is 35.5 Å². The molecule has 1 aliphatic rings. The van der Waals surface area contributed by atoms with Gasteiger partial charge in [-0.25, -0.2) is 4.79 Å². The standard InChI is InChI=1S/C24H30O3/c1-5-19-16-21(10-9-17(19)2)24(13-7-6-8-14-24)20-11-12-22(18(3)15-20)27-23(25)26-4/h9-12,15-16H,5-8,13-14H2,1-4H3. The third-order valence-corrected chi connectivity index (χ3v) is 6.08. The molecule has 3 rings (SSSR count). The van der Waals surface area contributed by atoms with Crippen molar-refractivity contribution in [2.24, 2.45) is 0 Å². The molecule has 0 aromatic heterocycles. The van der Waals surface area contributed by atoms with Gasteiger partial charge in [-0.1, -0.05) is 56.5 Å². The van der Waals surface area contributed by atoms with E-state index in [9.17, 15) is 4.79 Å². The molecule has 3 nitrogen and oxygen atoms in total. The van der Waals surface area contributed by atoms with E-state index in [1.54, 1.807) is 0 Å². The molecule has 2 aromatic carbocycles. The fourth-order valence-corrected chi connectivity index (χ4v) is 4.44. The summed E-state index contributed by atoms with van der Waals surface area (Å²) in [4.78, 5) is 11.5. The summed E-state index contributed by atoms with van der Waals surface area (Å²) in [5.74, 6) is 0.565. The molecule has 3 heteroatoms. The maximum atomic E-state index is 11.5. The van der Waals surface area contributed by atoms with Crippen LogP contribution in [0, 0.1) is 13.8 Å². The zero-order valence-electron chi connectivity index (χ0n) is 16.9. The molecule has 0 bridgehead atoms. The van der Waals surface area contributed by atoms with E-state index in [0.29, 0.717) is 5.75 Å². The van der Waals surface area contributed by atoms with Crippen LogP contribution in [0.3, 0.4) is 0 Å². The first-order valence-electron chi connectivity index (χ1n) is 9.97. The molecular weight excluding hydrogens is 336 g/mol. The predicted molar refractivity (Wildman–Crippen MR) is 109 cm³/mol. The van der Waals surface area contributed by atoms with Crippen molar-refractivity contribution in [3.05, 3.63) is 64.2 Å². The smallest absolute Gasteiger partial charge is 0.437 e. The van der Waals surface area contributed by atoms with Crippen LogP contribution in [0.1, 0.15) is 66.8 Å². The second-order valence-electron chi connectivity index (χ2n) is 7.67. The third-order valence-electron chi connectivity index (χ3n) is 6.08. The Morgan fingerprint density at radius 3 is 2.26 bits per heavy atom. The number of hydrogen-bond donors (Lipinski definition) is 0. The minimum absolute atomic E-state index is 0.0461. The summed E-state index contributed by atoms with van der Waals surface area (Å²) in [6, 6.07) is 13.2. The Balaban J connectivity index is 2.05. The van der Waals surface area contributed by atoms with Gasteiger partial charge >= 0.3 is 6.16 Å². The zero-order valence-corrected chi connectivity index (χ0v) is 16.9. The quantitative estimate of drug-likeness (QED) is 0.473. The largest absolute Gasteiger partial charge is 0.513 e. The van der Waals surface area contributed by atoms with Gasteiger partial charge in [-0.05, 0) is 67.0 Å². The fourth-order valence-electron chi connectivity index (χ4n) is 4.44. The Bertz CT molecular complexity index is 816. The Morgan fingerprint density at radius 1 is 0.963 bits per heavy atom. The van der Waals surface area contributed by atoms with Crippen molar-refractivity contribution in [1.82, 2.24) is 0 Å². The van der Waals surface area contributed by atoms with Gasteiger partial charge in [-0.15, -0.1) is 0 Å². The molecule has 2 aromatic rings. The molecule has 0 aliphatic heterocycles. The van der Waals surface area contributed by atoms with Crippen LogP contribution < -0.4 is 4.74 Å². The molecule has 0 atom stereocenters. The van der Waals surface area contributed by atoms with Gasteiger partial charge in [-0.2, -0.15) is 0 Å². The number of rotatable bonds is 4. The molecule has 0 amide bonds. The maximum Gasteiger partial charge on any atom is 0.513 e. The average molecular weight is 367 g/mol. The second-order valence-corrected chi connectivity index (χ2v) is 7.67. The molecule has 27 heavy (non-hydrogen) atoms. The minimum Gasteiger partial charge on any atom is -0.437 e. The zero-order chi connectivity index (χ0) is 19.4. The number of carbonyl (C=O) groups is 1. The molecule has 0 spiro atoms. The van der Waals surface area contributed by atoms with Crippen molar-refractivity contribution in [3.8, 4) is 5.75 Å². The number of carbonyl (C=O) groups excluding carboxylic acids is 1. The summed E-state index contributed by atoms with van der Waals surface area (Å²) in [6.45, 7) is 6.41. The van der Waals surface area contributed by atoms with Gasteiger partial charge in [0.2, 0.25) is 0 Å². The monoisotopic (exact) mass is 366 g/mol. The van der Waals surface area contributed by atoms with E-state index >= 15 is 0 Å². The summed E-state index contributed by atoms with van der Waals surface area (Å²) in [7, 11) is 1.33. The Labute approximate surface area is 162 Å². The number of ether oxygens (including phenoxy) is 2. The molecule has 0 heterocycles. The van der Waals surface area contributed by atoms with Gasteiger partial charge in [0.05, 0.1) is 7.11 Å². The molecular formula is C24H30O3. The van der Waals surface area contributed by atoms with Crippen molar-refractivity contribution in [1.29, 1.82) is 0 Å². The molecule has 1 aliphatic carbocycles. The minimum atomic E-state index is -0.677. The van der Waals surface area contributed by atoms with E-state index in [4.69, 9.17) is 4.74 Å². The molecule has 1 saturated carbocycles. The highest BCUT2D eigenvalue weighted by Crippen LogP contribution is 2.46. The van der Waals surface area contributed by atoms with Crippen molar-refractivity contribution >= 4 is 6.16 Å². The lowest BCUT2D eigenvalue weighted by Gasteiger charge is -2.39. The predicted octanol–water partition coefficient (Wildman–Crippen LogP) is 6.26. The molecule has 0 N–H and O–H groups in total. The maximum absolute atomic E-state index is 11.5. The van der Waals surface area contributed by atoms with Gasteiger partial charge in [0.25, 0.3) is 0 Å². The van der Waals surface area contributed by atoms with Crippen LogP contribution in [0.15, 0.2) is 36.4 Å². The lowest BCUT2D eigenvalue weighted by atomic mass is 9.64. The van der Waals surface area contributed by atoms with E-state index < -0.39 is 6.16 Å². The average Bonchev–Trinajstić information content (AvgIpc) is 2.70. The van der Waals surface area contributed by atoms with Gasteiger partial charge < -0.3 is 9.47 Å². The highest BCUT2D eigenvalue weighted by Gasteiger charge is 2.36. The van der Waals surface area contributed by atoms with Crippen molar-refractivity contribution in [2.75, 3.05) is 7.11 Å². The summed E-state index contributed by atoms with van der Waals surface area (Å²) in [5.41, 5.74) is 6.55. The number of benzene rings is 2. The van der Waals surface area contributed by atoms with Gasteiger partial charge in [0.1, 0.15) is 5.75 Å². The first-order valence-corrected chi connectivity index (χ1v) is 9.97. The number of methoxy groups -OCH3 is 1. The highest BCUT2D eigenvalue weighted by atomic mass is 16.7. The Morgan fingerprint density at radius 2 is 1.63 bits per heavy atom. The van der Waals surface area contributed by atoms with Gasteiger partial charge in [0.15, 0.2) is 0 Å². The van der Waals surface area contributed by atoms with Crippen LogP contribution in [0.2, 0.25) is 0 Å². The normalized spacial score (nSPS) is 16.0. The van der Waals surface area contributed by atoms with Crippen LogP contribution in [0.25, 0.3) is 0 Å². The highest BCUT2D eigenvalue weighted by molar-refractivity contribution is 5.64.